The number of anilines is 1. The van der Waals surface area contributed by atoms with Gasteiger partial charge in [-0.25, -0.2) is 4.39 Å². The fraction of sp³-hybridized carbons (Fsp3) is 0.500. The molecular weight excluding hydrogens is 263 g/mol. The van der Waals surface area contributed by atoms with E-state index in [1.165, 1.54) is 25.0 Å². The standard InChI is InChI=1S/C14H19FN2OS/c1-19-13-4-2-3-12(13)16-9-14(18)17-11-7-5-10(15)6-8-11/h5-8,12-13,16H,2-4,9H2,1H3,(H,17,18). The zero-order chi connectivity index (χ0) is 13.7. The lowest BCUT2D eigenvalue weighted by Crippen LogP contribution is -2.39. The molecule has 0 bridgehead atoms. The molecule has 2 atom stereocenters. The maximum Gasteiger partial charge on any atom is 0.238 e. The number of rotatable bonds is 5. The van der Waals surface area contributed by atoms with Crippen molar-refractivity contribution in [1.82, 2.24) is 5.32 Å². The zero-order valence-electron chi connectivity index (χ0n) is 11.0. The molecule has 0 spiro atoms. The summed E-state index contributed by atoms with van der Waals surface area (Å²) in [6.07, 6.45) is 5.69. The minimum atomic E-state index is -0.301. The number of thioether (sulfide) groups is 1. The normalized spacial score (nSPS) is 22.4. The molecule has 1 saturated carbocycles. The maximum atomic E-state index is 12.7. The Morgan fingerprint density at radius 3 is 2.79 bits per heavy atom. The first-order chi connectivity index (χ1) is 9.19. The number of nitrogens with one attached hydrogen (secondary N) is 2. The van der Waals surface area contributed by atoms with Crippen LogP contribution in [0, 0.1) is 5.82 Å². The van der Waals surface area contributed by atoms with E-state index in [1.54, 1.807) is 12.1 Å². The van der Waals surface area contributed by atoms with Crippen molar-refractivity contribution in [2.24, 2.45) is 0 Å². The van der Waals surface area contributed by atoms with Crippen molar-refractivity contribution in [2.75, 3.05) is 18.1 Å². The third kappa shape index (κ3) is 4.21. The first-order valence-electron chi connectivity index (χ1n) is 6.50. The fourth-order valence-corrected chi connectivity index (χ4v) is 3.37. The van der Waals surface area contributed by atoms with Gasteiger partial charge in [0.1, 0.15) is 5.82 Å². The summed E-state index contributed by atoms with van der Waals surface area (Å²) < 4.78 is 12.7. The molecule has 2 N–H and O–H groups in total. The van der Waals surface area contributed by atoms with Gasteiger partial charge in [-0.2, -0.15) is 11.8 Å². The van der Waals surface area contributed by atoms with E-state index in [2.05, 4.69) is 16.9 Å². The lowest BCUT2D eigenvalue weighted by Gasteiger charge is -2.18. The Balaban J connectivity index is 1.77. The predicted octanol–water partition coefficient (Wildman–Crippen LogP) is 2.64. The number of carbonyl (C=O) groups is 1. The summed E-state index contributed by atoms with van der Waals surface area (Å²) in [5.74, 6) is -0.386. The minimum Gasteiger partial charge on any atom is -0.325 e. The molecular formula is C14H19FN2OS. The molecule has 104 valence electrons. The molecule has 0 aliphatic heterocycles. The highest BCUT2D eigenvalue weighted by atomic mass is 32.2. The number of carbonyl (C=O) groups excluding carboxylic acids is 1. The molecule has 2 rings (SSSR count). The SMILES string of the molecule is CSC1CCCC1NCC(=O)Nc1ccc(F)cc1. The van der Waals surface area contributed by atoms with Gasteiger partial charge >= 0.3 is 0 Å². The van der Waals surface area contributed by atoms with E-state index >= 15 is 0 Å². The van der Waals surface area contributed by atoms with Gasteiger partial charge in [0.05, 0.1) is 6.54 Å². The summed E-state index contributed by atoms with van der Waals surface area (Å²) in [6.45, 7) is 0.305. The van der Waals surface area contributed by atoms with Crippen molar-refractivity contribution in [3.63, 3.8) is 0 Å². The van der Waals surface area contributed by atoms with Gasteiger partial charge in [-0.15, -0.1) is 0 Å². The average Bonchev–Trinajstić information content (AvgIpc) is 2.86. The molecule has 19 heavy (non-hydrogen) atoms. The number of amides is 1. The van der Waals surface area contributed by atoms with Crippen molar-refractivity contribution in [3.8, 4) is 0 Å². The molecule has 1 aliphatic rings. The van der Waals surface area contributed by atoms with Gasteiger partial charge in [0.25, 0.3) is 0 Å². The van der Waals surface area contributed by atoms with Crippen LogP contribution in [-0.4, -0.2) is 30.0 Å². The predicted molar refractivity (Wildman–Crippen MR) is 78.0 cm³/mol. The van der Waals surface area contributed by atoms with Crippen LogP contribution < -0.4 is 10.6 Å². The monoisotopic (exact) mass is 282 g/mol. The lowest BCUT2D eigenvalue weighted by molar-refractivity contribution is -0.115. The summed E-state index contributed by atoms with van der Waals surface area (Å²) in [4.78, 5) is 11.8. The van der Waals surface area contributed by atoms with Crippen LogP contribution >= 0.6 is 11.8 Å². The molecule has 1 aliphatic carbocycles. The van der Waals surface area contributed by atoms with Gasteiger partial charge in [0.15, 0.2) is 0 Å². The van der Waals surface area contributed by atoms with Gasteiger partial charge < -0.3 is 10.6 Å². The summed E-state index contributed by atoms with van der Waals surface area (Å²) in [6, 6.07) is 6.23. The molecule has 0 radical (unpaired) electrons. The summed E-state index contributed by atoms with van der Waals surface area (Å²) in [7, 11) is 0. The largest absolute Gasteiger partial charge is 0.325 e. The van der Waals surface area contributed by atoms with Gasteiger partial charge in [0.2, 0.25) is 5.91 Å². The van der Waals surface area contributed by atoms with E-state index in [9.17, 15) is 9.18 Å². The van der Waals surface area contributed by atoms with Gasteiger partial charge in [-0.05, 0) is 43.4 Å². The van der Waals surface area contributed by atoms with Gasteiger partial charge in [-0.3, -0.25) is 4.79 Å². The highest BCUT2D eigenvalue weighted by molar-refractivity contribution is 7.99. The molecule has 5 heteroatoms. The summed E-state index contributed by atoms with van der Waals surface area (Å²) >= 11 is 1.86. The second kappa shape index (κ2) is 6.91. The molecule has 1 fully saturated rings. The third-order valence-electron chi connectivity index (χ3n) is 3.41. The van der Waals surface area contributed by atoms with Crippen molar-refractivity contribution in [1.29, 1.82) is 0 Å². The number of benzene rings is 1. The Bertz CT molecular complexity index is 424. The van der Waals surface area contributed by atoms with E-state index in [0.717, 1.165) is 6.42 Å². The second-order valence-corrected chi connectivity index (χ2v) is 5.82. The Morgan fingerprint density at radius 2 is 2.11 bits per heavy atom. The maximum absolute atomic E-state index is 12.7. The molecule has 0 heterocycles. The van der Waals surface area contributed by atoms with Crippen LogP contribution in [0.5, 0.6) is 0 Å². The molecule has 3 nitrogen and oxygen atoms in total. The number of halogens is 1. The van der Waals surface area contributed by atoms with Crippen molar-refractivity contribution < 1.29 is 9.18 Å². The van der Waals surface area contributed by atoms with Crippen LogP contribution in [-0.2, 0) is 4.79 Å². The Labute approximate surface area is 117 Å². The molecule has 2 unspecified atom stereocenters. The molecule has 0 aromatic heterocycles. The van der Waals surface area contributed by atoms with E-state index in [1.807, 2.05) is 11.8 Å². The van der Waals surface area contributed by atoms with Crippen LogP contribution in [0.4, 0.5) is 10.1 Å². The summed E-state index contributed by atoms with van der Waals surface area (Å²) in [5.41, 5.74) is 0.626. The smallest absolute Gasteiger partial charge is 0.238 e. The number of hydrogen-bond acceptors (Lipinski definition) is 3. The average molecular weight is 282 g/mol. The minimum absolute atomic E-state index is 0.0849. The third-order valence-corrected chi connectivity index (χ3v) is 4.58. The van der Waals surface area contributed by atoms with Crippen LogP contribution in [0.3, 0.4) is 0 Å². The Morgan fingerprint density at radius 1 is 1.37 bits per heavy atom. The summed E-state index contributed by atoms with van der Waals surface area (Å²) in [5, 5.41) is 6.67. The van der Waals surface area contributed by atoms with E-state index in [4.69, 9.17) is 0 Å². The van der Waals surface area contributed by atoms with Crippen LogP contribution in [0.2, 0.25) is 0 Å². The highest BCUT2D eigenvalue weighted by Gasteiger charge is 2.26. The highest BCUT2D eigenvalue weighted by Crippen LogP contribution is 2.28. The molecule has 1 aromatic rings. The van der Waals surface area contributed by atoms with Crippen molar-refractivity contribution in [2.45, 2.75) is 30.6 Å². The topological polar surface area (TPSA) is 41.1 Å². The van der Waals surface area contributed by atoms with Gasteiger partial charge in [-0.1, -0.05) is 6.42 Å². The van der Waals surface area contributed by atoms with Crippen LogP contribution in [0.1, 0.15) is 19.3 Å². The first kappa shape index (κ1) is 14.3. The second-order valence-electron chi connectivity index (χ2n) is 4.75. The first-order valence-corrected chi connectivity index (χ1v) is 7.79. The molecule has 1 amide bonds. The number of hydrogen-bond donors (Lipinski definition) is 2. The Kier molecular flexibility index (Phi) is 5.22. The van der Waals surface area contributed by atoms with Crippen molar-refractivity contribution >= 4 is 23.4 Å². The van der Waals surface area contributed by atoms with E-state index in [0.29, 0.717) is 23.5 Å². The fourth-order valence-electron chi connectivity index (χ4n) is 2.40. The van der Waals surface area contributed by atoms with E-state index in [-0.39, 0.29) is 11.7 Å². The zero-order valence-corrected chi connectivity index (χ0v) is 11.8. The molecule has 0 saturated heterocycles. The van der Waals surface area contributed by atoms with Crippen LogP contribution in [0.15, 0.2) is 24.3 Å². The lowest BCUT2D eigenvalue weighted by atomic mass is 10.2. The van der Waals surface area contributed by atoms with Crippen LogP contribution in [0.25, 0.3) is 0 Å². The van der Waals surface area contributed by atoms with Gasteiger partial charge in [0, 0.05) is 17.0 Å². The molecule has 1 aromatic carbocycles. The van der Waals surface area contributed by atoms with E-state index < -0.39 is 0 Å². The van der Waals surface area contributed by atoms with Crippen molar-refractivity contribution in [3.05, 3.63) is 30.1 Å². The quantitative estimate of drug-likeness (QED) is 0.872. The Hall–Kier alpha value is -1.07.